The summed E-state index contributed by atoms with van der Waals surface area (Å²) in [7, 11) is 0. The fraction of sp³-hybridized carbons (Fsp3) is 0.455. The highest BCUT2D eigenvalue weighted by atomic mass is 35.5. The molecule has 1 N–H and O–H groups in total. The molecule has 0 radical (unpaired) electrons. The predicted octanol–water partition coefficient (Wildman–Crippen LogP) is 0.920. The van der Waals surface area contributed by atoms with Crippen LogP contribution in [0.3, 0.4) is 0 Å². The van der Waals surface area contributed by atoms with Crippen molar-refractivity contribution < 1.29 is 22.3 Å². The number of benzene rings is 2. The molecule has 2 aromatic carbocycles. The van der Waals surface area contributed by atoms with Crippen LogP contribution in [0.25, 0.3) is 0 Å². The molecule has 4 heteroatoms. The SMILES string of the molecule is Cc1ccc(C(C)C)c(OCC(O)CN2CCc3ccccc3C2)c1.[Cl-]. The van der Waals surface area contributed by atoms with Crippen LogP contribution < -0.4 is 17.1 Å². The van der Waals surface area contributed by atoms with Gasteiger partial charge in [0.05, 0.1) is 0 Å². The summed E-state index contributed by atoms with van der Waals surface area (Å²) in [5, 5.41) is 10.4. The Hall–Kier alpha value is -1.55. The van der Waals surface area contributed by atoms with Crippen LogP contribution in [-0.2, 0) is 13.0 Å². The lowest BCUT2D eigenvalue weighted by Crippen LogP contribution is -3.00. The third-order valence-electron chi connectivity index (χ3n) is 4.90. The van der Waals surface area contributed by atoms with Gasteiger partial charge >= 0.3 is 0 Å². The van der Waals surface area contributed by atoms with E-state index in [4.69, 9.17) is 4.74 Å². The maximum Gasteiger partial charge on any atom is 0.123 e. The van der Waals surface area contributed by atoms with Gasteiger partial charge in [0.2, 0.25) is 0 Å². The van der Waals surface area contributed by atoms with Crippen LogP contribution in [0.1, 0.15) is 42.0 Å². The van der Waals surface area contributed by atoms with E-state index < -0.39 is 6.10 Å². The van der Waals surface area contributed by atoms with Crippen LogP contribution in [0, 0.1) is 6.92 Å². The summed E-state index contributed by atoms with van der Waals surface area (Å²) in [5.41, 5.74) is 5.19. The highest BCUT2D eigenvalue weighted by Gasteiger charge is 2.19. The molecule has 0 fully saturated rings. The minimum absolute atomic E-state index is 0. The van der Waals surface area contributed by atoms with Gasteiger partial charge in [-0.1, -0.05) is 50.2 Å². The van der Waals surface area contributed by atoms with Gasteiger partial charge in [0.1, 0.15) is 18.5 Å². The van der Waals surface area contributed by atoms with Gasteiger partial charge in [-0.05, 0) is 47.6 Å². The van der Waals surface area contributed by atoms with E-state index in [2.05, 4.69) is 68.1 Å². The van der Waals surface area contributed by atoms with Crippen LogP contribution in [0.2, 0.25) is 0 Å². The third-order valence-corrected chi connectivity index (χ3v) is 4.90. The Bertz CT molecular complexity index is 717. The lowest BCUT2D eigenvalue weighted by atomic mass is 10.00. The number of halogens is 1. The summed E-state index contributed by atoms with van der Waals surface area (Å²) in [6.45, 7) is 9.29. The Morgan fingerprint density at radius 3 is 2.58 bits per heavy atom. The molecule has 0 spiro atoms. The smallest absolute Gasteiger partial charge is 0.123 e. The molecule has 0 saturated heterocycles. The number of aliphatic hydroxyl groups excluding tert-OH is 1. The summed E-state index contributed by atoms with van der Waals surface area (Å²) in [4.78, 5) is 2.32. The normalized spacial score (nSPS) is 15.3. The van der Waals surface area contributed by atoms with Crippen molar-refractivity contribution in [2.45, 2.75) is 45.8 Å². The Morgan fingerprint density at radius 1 is 1.12 bits per heavy atom. The quantitative estimate of drug-likeness (QED) is 0.816. The zero-order valence-corrected chi connectivity index (χ0v) is 16.7. The van der Waals surface area contributed by atoms with Gasteiger partial charge in [-0.15, -0.1) is 0 Å². The van der Waals surface area contributed by atoms with Crippen molar-refractivity contribution in [3.8, 4) is 5.75 Å². The molecule has 1 aliphatic heterocycles. The summed E-state index contributed by atoms with van der Waals surface area (Å²) < 4.78 is 5.98. The highest BCUT2D eigenvalue weighted by molar-refractivity contribution is 5.39. The Morgan fingerprint density at radius 2 is 1.85 bits per heavy atom. The van der Waals surface area contributed by atoms with Gasteiger partial charge in [-0.3, -0.25) is 4.90 Å². The van der Waals surface area contributed by atoms with Gasteiger partial charge in [-0.25, -0.2) is 0 Å². The van der Waals surface area contributed by atoms with E-state index in [0.717, 1.165) is 25.3 Å². The minimum atomic E-state index is -0.481. The van der Waals surface area contributed by atoms with E-state index in [1.807, 2.05) is 0 Å². The summed E-state index contributed by atoms with van der Waals surface area (Å²) in [6.07, 6.45) is 0.574. The van der Waals surface area contributed by atoms with Crippen LogP contribution in [0.4, 0.5) is 0 Å². The second-order valence-electron chi connectivity index (χ2n) is 7.41. The minimum Gasteiger partial charge on any atom is -1.00 e. The molecular weight excluding hydrogens is 346 g/mol. The fourth-order valence-corrected chi connectivity index (χ4v) is 3.49. The van der Waals surface area contributed by atoms with Crippen molar-refractivity contribution in [2.75, 3.05) is 19.7 Å². The zero-order valence-electron chi connectivity index (χ0n) is 15.9. The Labute approximate surface area is 163 Å². The third kappa shape index (κ3) is 5.23. The van der Waals surface area contributed by atoms with E-state index in [1.54, 1.807) is 0 Å². The largest absolute Gasteiger partial charge is 1.00 e. The van der Waals surface area contributed by atoms with Gasteiger partial charge < -0.3 is 22.3 Å². The van der Waals surface area contributed by atoms with Gasteiger partial charge in [0.25, 0.3) is 0 Å². The van der Waals surface area contributed by atoms with E-state index in [0.29, 0.717) is 19.1 Å². The first-order valence-corrected chi connectivity index (χ1v) is 9.23. The molecule has 0 bridgehead atoms. The second-order valence-corrected chi connectivity index (χ2v) is 7.41. The van der Waals surface area contributed by atoms with Crippen molar-refractivity contribution in [1.82, 2.24) is 4.90 Å². The predicted molar refractivity (Wildman–Crippen MR) is 102 cm³/mol. The average molecular weight is 375 g/mol. The number of nitrogens with zero attached hydrogens (tertiary/aromatic N) is 1. The monoisotopic (exact) mass is 374 g/mol. The molecule has 0 saturated carbocycles. The number of ether oxygens (including phenoxy) is 1. The number of hydrogen-bond donors (Lipinski definition) is 1. The van der Waals surface area contributed by atoms with E-state index in [9.17, 15) is 5.11 Å². The molecule has 0 aromatic heterocycles. The van der Waals surface area contributed by atoms with E-state index in [-0.39, 0.29) is 12.4 Å². The van der Waals surface area contributed by atoms with E-state index >= 15 is 0 Å². The molecule has 26 heavy (non-hydrogen) atoms. The average Bonchev–Trinajstić information content (AvgIpc) is 2.59. The first-order chi connectivity index (χ1) is 12.0. The summed E-state index contributed by atoms with van der Waals surface area (Å²) in [5.74, 6) is 1.31. The van der Waals surface area contributed by atoms with Gasteiger partial charge in [0, 0.05) is 19.6 Å². The van der Waals surface area contributed by atoms with Crippen LogP contribution in [-0.4, -0.2) is 35.8 Å². The molecule has 3 rings (SSSR count). The second kappa shape index (κ2) is 9.40. The maximum atomic E-state index is 10.4. The Kier molecular flexibility index (Phi) is 7.51. The summed E-state index contributed by atoms with van der Waals surface area (Å²) >= 11 is 0. The zero-order chi connectivity index (χ0) is 17.8. The summed E-state index contributed by atoms with van der Waals surface area (Å²) in [6, 6.07) is 14.9. The number of rotatable bonds is 6. The van der Waals surface area contributed by atoms with Crippen molar-refractivity contribution in [3.63, 3.8) is 0 Å². The molecule has 2 aromatic rings. The number of aliphatic hydroxyl groups is 1. The standard InChI is InChI=1S/C22H29NO2.ClH/c1-16(2)21-9-8-17(3)12-22(21)25-15-20(24)14-23-11-10-18-6-4-5-7-19(18)13-23;/h4-9,12,16,20,24H,10-11,13-15H2,1-3H3;1H/p-1. The highest BCUT2D eigenvalue weighted by Crippen LogP contribution is 2.27. The Balaban J connectivity index is 0.00000243. The van der Waals surface area contributed by atoms with Crippen LogP contribution in [0.15, 0.2) is 42.5 Å². The topological polar surface area (TPSA) is 32.7 Å². The molecule has 3 nitrogen and oxygen atoms in total. The van der Waals surface area contributed by atoms with Crippen LogP contribution in [0.5, 0.6) is 5.75 Å². The fourth-order valence-electron chi connectivity index (χ4n) is 3.49. The van der Waals surface area contributed by atoms with Gasteiger partial charge in [0.15, 0.2) is 0 Å². The molecule has 1 atom stereocenters. The van der Waals surface area contributed by atoms with Crippen molar-refractivity contribution >= 4 is 0 Å². The molecule has 1 aliphatic rings. The number of hydrogen-bond acceptors (Lipinski definition) is 3. The van der Waals surface area contributed by atoms with Crippen LogP contribution >= 0.6 is 0 Å². The maximum absolute atomic E-state index is 10.4. The van der Waals surface area contributed by atoms with Crippen molar-refractivity contribution in [2.24, 2.45) is 0 Å². The first-order valence-electron chi connectivity index (χ1n) is 9.23. The van der Waals surface area contributed by atoms with E-state index in [1.165, 1.54) is 22.3 Å². The number of β-amino-alcohol motifs (C(OH)–C–C–N with tert-alkyl or cyclic N) is 1. The molecular formula is C22H29ClNO2-. The molecule has 0 amide bonds. The lowest BCUT2D eigenvalue weighted by molar-refractivity contribution is -0.00000778. The molecule has 1 heterocycles. The first kappa shape index (κ1) is 20.8. The number of fused-ring (bicyclic) bond motifs is 1. The molecule has 0 aliphatic carbocycles. The number of aryl methyl sites for hydroxylation is 1. The molecule has 1 unspecified atom stereocenters. The lowest BCUT2D eigenvalue weighted by Gasteiger charge is -2.30. The molecule has 142 valence electrons. The van der Waals surface area contributed by atoms with Gasteiger partial charge in [-0.2, -0.15) is 0 Å². The van der Waals surface area contributed by atoms with Crippen molar-refractivity contribution in [3.05, 3.63) is 64.7 Å². The van der Waals surface area contributed by atoms with Crippen molar-refractivity contribution in [1.29, 1.82) is 0 Å².